The standard InChI is InChI=1S/C21H26N4O2/c1-3-20(26)25-12-6-11-24(13-14-25)19-10-9-17(15-22-19)23-21(27)18-8-5-4-7-16(18)2/h4-5,7-10,15H,3,6,11-14H2,1-2H3,(H,23,27). The van der Waals surface area contributed by atoms with Gasteiger partial charge in [-0.05, 0) is 37.1 Å². The highest BCUT2D eigenvalue weighted by molar-refractivity contribution is 6.05. The summed E-state index contributed by atoms with van der Waals surface area (Å²) in [5.41, 5.74) is 2.27. The Morgan fingerprint density at radius 3 is 2.59 bits per heavy atom. The topological polar surface area (TPSA) is 65.5 Å². The van der Waals surface area contributed by atoms with Crippen molar-refractivity contribution in [3.63, 3.8) is 0 Å². The van der Waals surface area contributed by atoms with Gasteiger partial charge in [0.1, 0.15) is 5.82 Å². The zero-order chi connectivity index (χ0) is 19.2. The number of aromatic nitrogens is 1. The molecule has 0 radical (unpaired) electrons. The molecule has 1 aromatic heterocycles. The van der Waals surface area contributed by atoms with Crippen molar-refractivity contribution in [3.05, 3.63) is 53.7 Å². The molecule has 6 nitrogen and oxygen atoms in total. The molecular formula is C21H26N4O2. The molecule has 0 unspecified atom stereocenters. The molecule has 27 heavy (non-hydrogen) atoms. The number of amides is 2. The Balaban J connectivity index is 1.63. The van der Waals surface area contributed by atoms with Gasteiger partial charge >= 0.3 is 0 Å². The Hall–Kier alpha value is -2.89. The van der Waals surface area contributed by atoms with Gasteiger partial charge < -0.3 is 15.1 Å². The van der Waals surface area contributed by atoms with E-state index in [2.05, 4.69) is 15.2 Å². The van der Waals surface area contributed by atoms with Gasteiger partial charge in [-0.25, -0.2) is 4.98 Å². The largest absolute Gasteiger partial charge is 0.355 e. The van der Waals surface area contributed by atoms with Gasteiger partial charge in [-0.1, -0.05) is 25.1 Å². The van der Waals surface area contributed by atoms with Gasteiger partial charge in [0.2, 0.25) is 5.91 Å². The molecule has 0 saturated carbocycles. The molecule has 0 atom stereocenters. The summed E-state index contributed by atoms with van der Waals surface area (Å²) in [7, 11) is 0. The number of nitrogens with one attached hydrogen (secondary N) is 1. The quantitative estimate of drug-likeness (QED) is 0.903. The summed E-state index contributed by atoms with van der Waals surface area (Å²) in [5, 5.41) is 2.90. The third kappa shape index (κ3) is 4.64. The van der Waals surface area contributed by atoms with Crippen molar-refractivity contribution in [2.75, 3.05) is 36.4 Å². The van der Waals surface area contributed by atoms with Crippen LogP contribution in [0.25, 0.3) is 0 Å². The molecule has 0 aliphatic carbocycles. The Morgan fingerprint density at radius 1 is 1.07 bits per heavy atom. The number of aryl methyl sites for hydroxylation is 1. The number of benzene rings is 1. The molecule has 142 valence electrons. The van der Waals surface area contributed by atoms with Crippen LogP contribution in [-0.2, 0) is 4.79 Å². The number of carbonyl (C=O) groups excluding carboxylic acids is 2. The monoisotopic (exact) mass is 366 g/mol. The highest BCUT2D eigenvalue weighted by atomic mass is 16.2. The van der Waals surface area contributed by atoms with Crippen LogP contribution in [0, 0.1) is 6.92 Å². The summed E-state index contributed by atoms with van der Waals surface area (Å²) in [6.07, 6.45) is 3.16. The molecule has 2 aromatic rings. The molecule has 0 spiro atoms. The maximum absolute atomic E-state index is 12.4. The maximum Gasteiger partial charge on any atom is 0.255 e. The lowest BCUT2D eigenvalue weighted by Gasteiger charge is -2.22. The third-order valence-electron chi connectivity index (χ3n) is 4.87. The first kappa shape index (κ1) is 18.9. The normalized spacial score (nSPS) is 14.6. The zero-order valence-electron chi connectivity index (χ0n) is 15.9. The molecule has 1 aliphatic rings. The number of anilines is 2. The fraction of sp³-hybridized carbons (Fsp3) is 0.381. The molecule has 1 fully saturated rings. The molecule has 0 bridgehead atoms. The van der Waals surface area contributed by atoms with E-state index in [-0.39, 0.29) is 11.8 Å². The fourth-order valence-corrected chi connectivity index (χ4v) is 3.29. The molecule has 1 saturated heterocycles. The van der Waals surface area contributed by atoms with Crippen LogP contribution in [-0.4, -0.2) is 47.9 Å². The maximum atomic E-state index is 12.4. The number of hydrogen-bond donors (Lipinski definition) is 1. The fourth-order valence-electron chi connectivity index (χ4n) is 3.29. The van der Waals surface area contributed by atoms with E-state index in [1.54, 1.807) is 6.20 Å². The molecule has 2 amide bonds. The average Bonchev–Trinajstić information content (AvgIpc) is 2.94. The first-order valence-corrected chi connectivity index (χ1v) is 9.44. The van der Waals surface area contributed by atoms with Crippen LogP contribution in [0.2, 0.25) is 0 Å². The van der Waals surface area contributed by atoms with E-state index in [4.69, 9.17) is 0 Å². The molecular weight excluding hydrogens is 340 g/mol. The number of pyridine rings is 1. The van der Waals surface area contributed by atoms with Gasteiger partial charge in [0.25, 0.3) is 5.91 Å². The molecule has 2 heterocycles. The number of rotatable bonds is 4. The van der Waals surface area contributed by atoms with Crippen molar-refractivity contribution in [2.24, 2.45) is 0 Å². The summed E-state index contributed by atoms with van der Waals surface area (Å²) >= 11 is 0. The van der Waals surface area contributed by atoms with E-state index in [0.717, 1.165) is 44.0 Å². The van der Waals surface area contributed by atoms with Crippen molar-refractivity contribution in [1.29, 1.82) is 0 Å². The van der Waals surface area contributed by atoms with Gasteiger partial charge in [0, 0.05) is 38.2 Å². The minimum absolute atomic E-state index is 0.133. The van der Waals surface area contributed by atoms with E-state index in [1.807, 2.05) is 55.1 Å². The van der Waals surface area contributed by atoms with Gasteiger partial charge in [0.05, 0.1) is 11.9 Å². The van der Waals surface area contributed by atoms with Crippen molar-refractivity contribution >= 4 is 23.3 Å². The molecule has 6 heteroatoms. The van der Waals surface area contributed by atoms with Gasteiger partial charge in [-0.2, -0.15) is 0 Å². The molecule has 1 aromatic carbocycles. The van der Waals surface area contributed by atoms with Gasteiger partial charge in [0.15, 0.2) is 0 Å². The summed E-state index contributed by atoms with van der Waals surface area (Å²) in [5.74, 6) is 0.944. The third-order valence-corrected chi connectivity index (χ3v) is 4.87. The zero-order valence-corrected chi connectivity index (χ0v) is 15.9. The van der Waals surface area contributed by atoms with Crippen LogP contribution in [0.4, 0.5) is 11.5 Å². The van der Waals surface area contributed by atoms with E-state index in [9.17, 15) is 9.59 Å². The smallest absolute Gasteiger partial charge is 0.255 e. The lowest BCUT2D eigenvalue weighted by atomic mass is 10.1. The Morgan fingerprint density at radius 2 is 1.89 bits per heavy atom. The van der Waals surface area contributed by atoms with Gasteiger partial charge in [-0.3, -0.25) is 9.59 Å². The van der Waals surface area contributed by atoms with Crippen LogP contribution in [0.3, 0.4) is 0 Å². The second-order valence-electron chi connectivity index (χ2n) is 6.75. The first-order chi connectivity index (χ1) is 13.1. The van der Waals surface area contributed by atoms with E-state index >= 15 is 0 Å². The van der Waals surface area contributed by atoms with E-state index < -0.39 is 0 Å². The number of nitrogens with zero attached hydrogens (tertiary/aromatic N) is 3. The highest BCUT2D eigenvalue weighted by Gasteiger charge is 2.18. The van der Waals surface area contributed by atoms with Crippen LogP contribution in [0.1, 0.15) is 35.7 Å². The Bertz CT molecular complexity index is 804. The van der Waals surface area contributed by atoms with Crippen molar-refractivity contribution < 1.29 is 9.59 Å². The van der Waals surface area contributed by atoms with Crippen molar-refractivity contribution in [2.45, 2.75) is 26.7 Å². The molecule has 3 rings (SSSR count). The Labute approximate surface area is 160 Å². The molecule has 1 N–H and O–H groups in total. The number of hydrogen-bond acceptors (Lipinski definition) is 4. The minimum Gasteiger partial charge on any atom is -0.355 e. The summed E-state index contributed by atoms with van der Waals surface area (Å²) in [4.78, 5) is 32.9. The highest BCUT2D eigenvalue weighted by Crippen LogP contribution is 2.18. The van der Waals surface area contributed by atoms with Crippen LogP contribution < -0.4 is 10.2 Å². The summed E-state index contributed by atoms with van der Waals surface area (Å²) in [6.45, 7) is 6.98. The summed E-state index contributed by atoms with van der Waals surface area (Å²) in [6, 6.07) is 11.3. The van der Waals surface area contributed by atoms with E-state index in [0.29, 0.717) is 17.7 Å². The predicted molar refractivity (Wildman–Crippen MR) is 107 cm³/mol. The lowest BCUT2D eigenvalue weighted by molar-refractivity contribution is -0.130. The SMILES string of the molecule is CCC(=O)N1CCCN(c2ccc(NC(=O)c3ccccc3C)cn2)CC1. The van der Waals surface area contributed by atoms with Crippen LogP contribution in [0.15, 0.2) is 42.6 Å². The van der Waals surface area contributed by atoms with Crippen LogP contribution >= 0.6 is 0 Å². The Kier molecular flexibility index (Phi) is 6.06. The van der Waals surface area contributed by atoms with Crippen molar-refractivity contribution in [3.8, 4) is 0 Å². The second-order valence-corrected chi connectivity index (χ2v) is 6.75. The summed E-state index contributed by atoms with van der Waals surface area (Å²) < 4.78 is 0. The second kappa shape index (κ2) is 8.66. The lowest BCUT2D eigenvalue weighted by Crippen LogP contribution is -2.34. The van der Waals surface area contributed by atoms with Gasteiger partial charge in [-0.15, -0.1) is 0 Å². The van der Waals surface area contributed by atoms with E-state index in [1.165, 1.54) is 0 Å². The minimum atomic E-state index is -0.133. The van der Waals surface area contributed by atoms with Crippen LogP contribution in [0.5, 0.6) is 0 Å². The number of carbonyl (C=O) groups is 2. The average molecular weight is 366 g/mol. The predicted octanol–water partition coefficient (Wildman–Crippen LogP) is 3.09. The first-order valence-electron chi connectivity index (χ1n) is 9.44. The van der Waals surface area contributed by atoms with Crippen molar-refractivity contribution in [1.82, 2.24) is 9.88 Å². The molecule has 1 aliphatic heterocycles.